The number of sulfonamides is 1. The lowest BCUT2D eigenvalue weighted by Gasteiger charge is -2.20. The number of rotatable bonds is 4. The molecule has 0 aromatic carbocycles. The highest BCUT2D eigenvalue weighted by molar-refractivity contribution is 7.89. The second kappa shape index (κ2) is 6.48. The number of aromatic nitrogens is 3. The lowest BCUT2D eigenvalue weighted by atomic mass is 10.2. The van der Waals surface area contributed by atoms with Crippen LogP contribution in [-0.4, -0.2) is 34.6 Å². The summed E-state index contributed by atoms with van der Waals surface area (Å²) in [6, 6.07) is 4.39. The number of hydrogen-bond donors (Lipinski definition) is 1. The minimum Gasteiger partial charge on any atom is -0.442 e. The van der Waals surface area contributed by atoms with E-state index in [9.17, 15) is 21.6 Å². The van der Waals surface area contributed by atoms with Gasteiger partial charge in [0.1, 0.15) is 11.4 Å². The summed E-state index contributed by atoms with van der Waals surface area (Å²) in [6.07, 6.45) is -3.40. The Hall–Kier alpha value is -2.60. The van der Waals surface area contributed by atoms with Crippen LogP contribution < -0.4 is 0 Å². The molecule has 1 aliphatic rings. The minimum absolute atomic E-state index is 0.0865. The van der Waals surface area contributed by atoms with E-state index in [0.717, 1.165) is 6.07 Å². The Morgan fingerprint density at radius 3 is 2.71 bits per heavy atom. The zero-order valence-electron chi connectivity index (χ0n) is 14.5. The lowest BCUT2D eigenvalue weighted by molar-refractivity contribution is -0.141. The van der Waals surface area contributed by atoms with Gasteiger partial charge in [0, 0.05) is 12.6 Å². The van der Waals surface area contributed by atoms with Crippen LogP contribution in [0.4, 0.5) is 13.2 Å². The van der Waals surface area contributed by atoms with Gasteiger partial charge < -0.3 is 8.94 Å². The van der Waals surface area contributed by atoms with Gasteiger partial charge in [-0.2, -0.15) is 22.6 Å². The van der Waals surface area contributed by atoms with Crippen LogP contribution in [0.15, 0.2) is 38.3 Å². The SMILES string of the molecule is Cc1cc(C2CCCN2S(=O)(=O)c2ccc(-c3cc(C(F)(F)F)[nH]n3)o2)on1. The number of hydrogen-bond acceptors (Lipinski definition) is 6. The molecule has 1 unspecified atom stereocenters. The molecular weight excluding hydrogens is 401 g/mol. The molecule has 0 bridgehead atoms. The molecule has 4 rings (SSSR count). The number of alkyl halides is 3. The van der Waals surface area contributed by atoms with Gasteiger partial charge in [0.25, 0.3) is 10.0 Å². The van der Waals surface area contributed by atoms with Gasteiger partial charge in [-0.15, -0.1) is 0 Å². The van der Waals surface area contributed by atoms with Crippen molar-refractivity contribution in [3.05, 3.63) is 41.4 Å². The van der Waals surface area contributed by atoms with Gasteiger partial charge in [-0.3, -0.25) is 5.10 Å². The predicted octanol–water partition coefficient (Wildman–Crippen LogP) is 3.51. The third kappa shape index (κ3) is 3.22. The topological polar surface area (TPSA) is 105 Å². The van der Waals surface area contributed by atoms with Crippen LogP contribution in [0.25, 0.3) is 11.5 Å². The molecule has 0 amide bonds. The molecule has 12 heteroatoms. The number of halogens is 3. The van der Waals surface area contributed by atoms with Crippen LogP contribution in [0.2, 0.25) is 0 Å². The van der Waals surface area contributed by atoms with Gasteiger partial charge >= 0.3 is 6.18 Å². The van der Waals surface area contributed by atoms with Crippen LogP contribution in [0.5, 0.6) is 0 Å². The fourth-order valence-corrected chi connectivity index (χ4v) is 4.74. The van der Waals surface area contributed by atoms with E-state index in [-0.39, 0.29) is 23.1 Å². The zero-order valence-corrected chi connectivity index (χ0v) is 15.3. The monoisotopic (exact) mass is 416 g/mol. The molecule has 0 spiro atoms. The maximum Gasteiger partial charge on any atom is 0.432 e. The molecular formula is C16H15F3N4O4S. The number of furan rings is 1. The number of aromatic amines is 1. The molecule has 1 saturated heterocycles. The van der Waals surface area contributed by atoms with Crippen LogP contribution in [0.1, 0.15) is 36.0 Å². The first-order chi connectivity index (χ1) is 13.2. The van der Waals surface area contributed by atoms with Crippen molar-refractivity contribution in [2.75, 3.05) is 6.54 Å². The summed E-state index contributed by atoms with van der Waals surface area (Å²) in [5, 5.41) is 8.82. The van der Waals surface area contributed by atoms with Crippen LogP contribution in [0.3, 0.4) is 0 Å². The molecule has 0 saturated carbocycles. The quantitative estimate of drug-likeness (QED) is 0.698. The molecule has 28 heavy (non-hydrogen) atoms. The van der Waals surface area contributed by atoms with Crippen molar-refractivity contribution in [3.63, 3.8) is 0 Å². The van der Waals surface area contributed by atoms with E-state index >= 15 is 0 Å². The van der Waals surface area contributed by atoms with Crippen molar-refractivity contribution < 1.29 is 30.5 Å². The van der Waals surface area contributed by atoms with Gasteiger partial charge in [0.2, 0.25) is 5.09 Å². The number of H-pyrrole nitrogens is 1. The summed E-state index contributed by atoms with van der Waals surface area (Å²) in [5.41, 5.74) is -0.556. The normalized spacial score (nSPS) is 18.8. The van der Waals surface area contributed by atoms with E-state index in [4.69, 9.17) is 8.94 Å². The predicted molar refractivity (Wildman–Crippen MR) is 88.4 cm³/mol. The largest absolute Gasteiger partial charge is 0.442 e. The van der Waals surface area contributed by atoms with Crippen LogP contribution >= 0.6 is 0 Å². The summed E-state index contributed by atoms with van der Waals surface area (Å²) in [6.45, 7) is 2.00. The highest BCUT2D eigenvalue weighted by atomic mass is 32.2. The van der Waals surface area contributed by atoms with Gasteiger partial charge in [-0.25, -0.2) is 8.42 Å². The fourth-order valence-electron chi connectivity index (χ4n) is 3.16. The Balaban J connectivity index is 1.63. The van der Waals surface area contributed by atoms with Gasteiger partial charge in [-0.1, -0.05) is 5.16 Å². The van der Waals surface area contributed by atoms with Crippen LogP contribution in [-0.2, 0) is 16.2 Å². The third-order valence-corrected chi connectivity index (χ3v) is 6.24. The summed E-state index contributed by atoms with van der Waals surface area (Å²) >= 11 is 0. The van der Waals surface area contributed by atoms with E-state index in [1.54, 1.807) is 13.0 Å². The molecule has 1 aliphatic heterocycles. The van der Waals surface area contributed by atoms with Gasteiger partial charge in [0.05, 0.1) is 11.7 Å². The Labute approximate surface area is 157 Å². The Morgan fingerprint density at radius 2 is 2.07 bits per heavy atom. The third-order valence-electron chi connectivity index (χ3n) is 4.46. The maximum atomic E-state index is 13.0. The summed E-state index contributed by atoms with van der Waals surface area (Å²) in [4.78, 5) is 0. The maximum absolute atomic E-state index is 13.0. The molecule has 1 fully saturated rings. The second-order valence-corrected chi connectivity index (χ2v) is 8.25. The fraction of sp³-hybridized carbons (Fsp3) is 0.375. The standard InChI is InChI=1S/C16H15F3N4O4S/c1-9-7-13(27-22-9)11-3-2-6-23(11)28(24,25)15-5-4-12(26-15)10-8-14(21-20-10)16(17,18)19/h4-5,7-8,11H,2-3,6H2,1H3,(H,20,21). The molecule has 1 N–H and O–H groups in total. The summed E-state index contributed by atoms with van der Waals surface area (Å²) in [7, 11) is -4.02. The van der Waals surface area contributed by atoms with Gasteiger partial charge in [0.15, 0.2) is 11.5 Å². The molecule has 4 heterocycles. The van der Waals surface area contributed by atoms with E-state index in [1.165, 1.54) is 16.4 Å². The highest BCUT2D eigenvalue weighted by Crippen LogP contribution is 2.38. The molecule has 3 aromatic heterocycles. The lowest BCUT2D eigenvalue weighted by Crippen LogP contribution is -2.30. The molecule has 1 atom stereocenters. The van der Waals surface area contributed by atoms with Crippen molar-refractivity contribution >= 4 is 10.0 Å². The van der Waals surface area contributed by atoms with E-state index in [0.29, 0.717) is 24.3 Å². The molecule has 8 nitrogen and oxygen atoms in total. The van der Waals surface area contributed by atoms with Crippen molar-refractivity contribution in [1.82, 2.24) is 19.7 Å². The minimum atomic E-state index is -4.59. The van der Waals surface area contributed by atoms with Crippen molar-refractivity contribution in [3.8, 4) is 11.5 Å². The molecule has 150 valence electrons. The summed E-state index contributed by atoms with van der Waals surface area (Å²) in [5.74, 6) is 0.351. The van der Waals surface area contributed by atoms with Gasteiger partial charge in [-0.05, 0) is 38.0 Å². The first-order valence-electron chi connectivity index (χ1n) is 8.34. The number of aryl methyl sites for hydroxylation is 1. The molecule has 3 aromatic rings. The first-order valence-corrected chi connectivity index (χ1v) is 9.78. The average Bonchev–Trinajstić information content (AvgIpc) is 3.38. The zero-order chi connectivity index (χ0) is 20.1. The Kier molecular flexibility index (Phi) is 4.34. The second-order valence-electron chi connectivity index (χ2n) is 6.43. The van der Waals surface area contributed by atoms with Crippen molar-refractivity contribution in [1.29, 1.82) is 0 Å². The molecule has 0 aliphatic carbocycles. The average molecular weight is 416 g/mol. The van der Waals surface area contributed by atoms with E-state index in [2.05, 4.69) is 10.3 Å². The van der Waals surface area contributed by atoms with Crippen molar-refractivity contribution in [2.24, 2.45) is 0 Å². The Bertz CT molecular complexity index is 1100. The number of nitrogens with one attached hydrogen (secondary N) is 1. The molecule has 0 radical (unpaired) electrons. The number of nitrogens with zero attached hydrogens (tertiary/aromatic N) is 3. The van der Waals surface area contributed by atoms with Crippen molar-refractivity contribution in [2.45, 2.75) is 37.1 Å². The summed E-state index contributed by atoms with van der Waals surface area (Å²) < 4.78 is 75.9. The van der Waals surface area contributed by atoms with E-state index < -0.39 is 27.9 Å². The smallest absolute Gasteiger partial charge is 0.432 e. The van der Waals surface area contributed by atoms with E-state index in [1.807, 2.05) is 5.10 Å². The first kappa shape index (κ1) is 18.7. The Morgan fingerprint density at radius 1 is 1.29 bits per heavy atom. The van der Waals surface area contributed by atoms with Crippen LogP contribution in [0, 0.1) is 6.92 Å². The highest BCUT2D eigenvalue weighted by Gasteiger charge is 2.40.